The predicted octanol–water partition coefficient (Wildman–Crippen LogP) is 4.66. The van der Waals surface area contributed by atoms with E-state index in [1.807, 2.05) is 0 Å². The molecule has 0 radical (unpaired) electrons. The van der Waals surface area contributed by atoms with Gasteiger partial charge < -0.3 is 5.32 Å². The van der Waals surface area contributed by atoms with Crippen LogP contribution in [0.25, 0.3) is 0 Å². The Morgan fingerprint density at radius 1 is 1.04 bits per heavy atom. The Morgan fingerprint density at radius 2 is 1.75 bits per heavy atom. The number of nitrogens with one attached hydrogen (secondary N) is 2. The van der Waals surface area contributed by atoms with Crippen molar-refractivity contribution in [1.29, 1.82) is 0 Å². The first-order chi connectivity index (χ1) is 13.3. The minimum absolute atomic E-state index is 0.00935. The van der Waals surface area contributed by atoms with Gasteiger partial charge in [-0.1, -0.05) is 29.8 Å². The van der Waals surface area contributed by atoms with Crippen molar-refractivity contribution < 1.29 is 18.0 Å². The zero-order chi connectivity index (χ0) is 20.3. The van der Waals surface area contributed by atoms with Gasteiger partial charge in [-0.25, -0.2) is 8.42 Å². The highest BCUT2D eigenvalue weighted by Crippen LogP contribution is 2.27. The van der Waals surface area contributed by atoms with E-state index in [9.17, 15) is 18.0 Å². The number of amides is 1. The van der Waals surface area contributed by atoms with Crippen LogP contribution in [0.4, 0.5) is 11.4 Å². The molecule has 3 aromatic rings. The standard InChI is InChI=1S/C19H15ClN2O4S2/c1-12(23)13-5-7-16(8-6-13)28(25,26)22-17-9-10-27-18(17)19(24)21-15-4-2-3-14(20)11-15/h2-11,22H,1H3,(H,21,24). The number of carbonyl (C=O) groups is 2. The highest BCUT2D eigenvalue weighted by Gasteiger charge is 2.20. The van der Waals surface area contributed by atoms with Gasteiger partial charge in [-0.3, -0.25) is 14.3 Å². The fourth-order valence-corrected chi connectivity index (χ4v) is 4.46. The molecule has 0 saturated carbocycles. The molecule has 0 bridgehead atoms. The third-order valence-electron chi connectivity index (χ3n) is 3.77. The number of Topliss-reactive ketones (excluding diaryl/α,β-unsaturated/α-hetero) is 1. The zero-order valence-corrected chi connectivity index (χ0v) is 17.0. The number of carbonyl (C=O) groups excluding carboxylic acids is 2. The van der Waals surface area contributed by atoms with Gasteiger partial charge in [-0.15, -0.1) is 11.3 Å². The Hall–Kier alpha value is -2.68. The highest BCUT2D eigenvalue weighted by molar-refractivity contribution is 7.92. The number of hydrogen-bond donors (Lipinski definition) is 2. The third kappa shape index (κ3) is 4.59. The van der Waals surface area contributed by atoms with Crippen molar-refractivity contribution in [3.8, 4) is 0 Å². The summed E-state index contributed by atoms with van der Waals surface area (Å²) in [5.74, 6) is -0.614. The van der Waals surface area contributed by atoms with Crippen LogP contribution in [0.15, 0.2) is 64.9 Å². The SMILES string of the molecule is CC(=O)c1ccc(S(=O)(=O)Nc2ccsc2C(=O)Nc2cccc(Cl)c2)cc1. The van der Waals surface area contributed by atoms with Gasteiger partial charge in [0.25, 0.3) is 15.9 Å². The number of rotatable bonds is 6. The minimum atomic E-state index is -3.92. The monoisotopic (exact) mass is 434 g/mol. The summed E-state index contributed by atoms with van der Waals surface area (Å²) in [5, 5.41) is 4.77. The Balaban J connectivity index is 1.81. The number of hydrogen-bond acceptors (Lipinski definition) is 5. The van der Waals surface area contributed by atoms with Gasteiger partial charge in [0.05, 0.1) is 10.6 Å². The molecule has 9 heteroatoms. The van der Waals surface area contributed by atoms with Crippen LogP contribution in [0.2, 0.25) is 5.02 Å². The lowest BCUT2D eigenvalue weighted by Gasteiger charge is -2.10. The lowest BCUT2D eigenvalue weighted by atomic mass is 10.2. The minimum Gasteiger partial charge on any atom is -0.321 e. The summed E-state index contributed by atoms with van der Waals surface area (Å²) in [5.41, 5.74) is 1.08. The molecular formula is C19H15ClN2O4S2. The Kier molecular flexibility index (Phi) is 5.83. The van der Waals surface area contributed by atoms with Gasteiger partial charge in [-0.2, -0.15) is 0 Å². The van der Waals surface area contributed by atoms with Crippen LogP contribution in [-0.2, 0) is 10.0 Å². The molecule has 0 unspecified atom stereocenters. The van der Waals surface area contributed by atoms with Gasteiger partial charge in [0.15, 0.2) is 5.78 Å². The van der Waals surface area contributed by atoms with Gasteiger partial charge in [0.2, 0.25) is 0 Å². The van der Waals surface area contributed by atoms with E-state index in [-0.39, 0.29) is 21.2 Å². The molecule has 0 aliphatic heterocycles. The van der Waals surface area contributed by atoms with E-state index in [2.05, 4.69) is 10.0 Å². The molecule has 0 aliphatic carbocycles. The first-order valence-electron chi connectivity index (χ1n) is 8.04. The van der Waals surface area contributed by atoms with E-state index in [0.29, 0.717) is 16.3 Å². The maximum absolute atomic E-state index is 12.6. The summed E-state index contributed by atoms with van der Waals surface area (Å²) in [7, 11) is -3.92. The normalized spacial score (nSPS) is 11.1. The van der Waals surface area contributed by atoms with Crippen molar-refractivity contribution in [3.05, 3.63) is 75.4 Å². The van der Waals surface area contributed by atoms with Gasteiger partial charge in [0, 0.05) is 16.3 Å². The fraction of sp³-hybridized carbons (Fsp3) is 0.0526. The van der Waals surface area contributed by atoms with Crippen LogP contribution in [0.3, 0.4) is 0 Å². The van der Waals surface area contributed by atoms with Gasteiger partial charge in [0.1, 0.15) is 4.88 Å². The molecule has 144 valence electrons. The molecule has 0 fully saturated rings. The van der Waals surface area contributed by atoms with E-state index in [1.165, 1.54) is 37.3 Å². The molecule has 0 aliphatic rings. The molecule has 0 atom stereocenters. The summed E-state index contributed by atoms with van der Waals surface area (Å²) in [6, 6.07) is 13.7. The maximum Gasteiger partial charge on any atom is 0.267 e. The molecule has 3 rings (SSSR count). The Labute approximate surface area is 171 Å². The first kappa shape index (κ1) is 20.1. The lowest BCUT2D eigenvalue weighted by Crippen LogP contribution is -2.17. The van der Waals surface area contributed by atoms with Crippen molar-refractivity contribution in [2.75, 3.05) is 10.0 Å². The van der Waals surface area contributed by atoms with E-state index < -0.39 is 15.9 Å². The quantitative estimate of drug-likeness (QED) is 0.552. The van der Waals surface area contributed by atoms with Crippen LogP contribution >= 0.6 is 22.9 Å². The molecule has 6 nitrogen and oxygen atoms in total. The number of ketones is 1. The second-order valence-corrected chi connectivity index (χ2v) is 8.85. The van der Waals surface area contributed by atoms with Crippen molar-refractivity contribution in [3.63, 3.8) is 0 Å². The Morgan fingerprint density at radius 3 is 2.39 bits per heavy atom. The number of anilines is 2. The molecule has 28 heavy (non-hydrogen) atoms. The molecule has 2 aromatic carbocycles. The van der Waals surface area contributed by atoms with E-state index in [0.717, 1.165) is 11.3 Å². The number of thiophene rings is 1. The second-order valence-electron chi connectivity index (χ2n) is 5.81. The van der Waals surface area contributed by atoms with Gasteiger partial charge >= 0.3 is 0 Å². The Bertz CT molecular complexity index is 1140. The highest BCUT2D eigenvalue weighted by atomic mass is 35.5. The maximum atomic E-state index is 12.6. The fourth-order valence-electron chi connectivity index (χ4n) is 2.39. The van der Waals surface area contributed by atoms with E-state index in [1.54, 1.807) is 29.6 Å². The van der Waals surface area contributed by atoms with Gasteiger partial charge in [-0.05, 0) is 48.7 Å². The van der Waals surface area contributed by atoms with Crippen LogP contribution in [-0.4, -0.2) is 20.1 Å². The summed E-state index contributed by atoms with van der Waals surface area (Å²) in [6.07, 6.45) is 0. The average Bonchev–Trinajstić information content (AvgIpc) is 3.09. The van der Waals surface area contributed by atoms with Crippen molar-refractivity contribution in [2.24, 2.45) is 0 Å². The molecule has 0 spiro atoms. The van der Waals surface area contributed by atoms with Crippen LogP contribution in [0, 0.1) is 0 Å². The van der Waals surface area contributed by atoms with Crippen LogP contribution in [0.5, 0.6) is 0 Å². The first-order valence-corrected chi connectivity index (χ1v) is 10.8. The third-order valence-corrected chi connectivity index (χ3v) is 6.30. The van der Waals surface area contributed by atoms with E-state index >= 15 is 0 Å². The second kappa shape index (κ2) is 8.14. The lowest BCUT2D eigenvalue weighted by molar-refractivity contribution is 0.101. The van der Waals surface area contributed by atoms with Crippen molar-refractivity contribution in [1.82, 2.24) is 0 Å². The number of sulfonamides is 1. The number of benzene rings is 2. The van der Waals surface area contributed by atoms with Crippen molar-refractivity contribution >= 4 is 56.0 Å². The number of halogens is 1. The summed E-state index contributed by atoms with van der Waals surface area (Å²) in [4.78, 5) is 24.1. The molecule has 1 aromatic heterocycles. The largest absolute Gasteiger partial charge is 0.321 e. The summed E-state index contributed by atoms with van der Waals surface area (Å²) >= 11 is 7.02. The van der Waals surface area contributed by atoms with E-state index in [4.69, 9.17) is 11.6 Å². The molecule has 2 N–H and O–H groups in total. The van der Waals surface area contributed by atoms with Crippen molar-refractivity contribution in [2.45, 2.75) is 11.8 Å². The topological polar surface area (TPSA) is 92.3 Å². The summed E-state index contributed by atoms with van der Waals surface area (Å²) in [6.45, 7) is 1.40. The van der Waals surface area contributed by atoms with Crippen LogP contribution in [0.1, 0.15) is 27.0 Å². The van der Waals surface area contributed by atoms with Crippen LogP contribution < -0.4 is 10.0 Å². The smallest absolute Gasteiger partial charge is 0.267 e. The molecule has 1 amide bonds. The predicted molar refractivity (Wildman–Crippen MR) is 111 cm³/mol. The molecular weight excluding hydrogens is 420 g/mol. The molecule has 1 heterocycles. The molecule has 0 saturated heterocycles. The summed E-state index contributed by atoms with van der Waals surface area (Å²) < 4.78 is 27.7. The average molecular weight is 435 g/mol. The zero-order valence-electron chi connectivity index (χ0n) is 14.6.